The Morgan fingerprint density at radius 1 is 0.111 bits per heavy atom. The second kappa shape index (κ2) is 27.1. The van der Waals surface area contributed by atoms with Crippen LogP contribution in [0.1, 0.15) is 0 Å². The van der Waals surface area contributed by atoms with E-state index in [2.05, 4.69) is 434 Å². The van der Waals surface area contributed by atoms with Crippen molar-refractivity contribution in [3.05, 3.63) is 425 Å². The fourth-order valence-corrected chi connectivity index (χ4v) is 16.6. The van der Waals surface area contributed by atoms with Crippen LogP contribution in [0.4, 0.5) is 34.1 Å². The van der Waals surface area contributed by atoms with Crippen molar-refractivity contribution in [2.24, 2.45) is 0 Å². The molecule has 0 N–H and O–H groups in total. The Bertz CT molecular complexity index is 6840. The third-order valence-corrected chi connectivity index (χ3v) is 22.0. The van der Waals surface area contributed by atoms with E-state index in [0.29, 0.717) is 0 Å². The molecule has 20 aromatic carbocycles. The van der Waals surface area contributed by atoms with Gasteiger partial charge in [0.25, 0.3) is 0 Å². The van der Waals surface area contributed by atoms with Gasteiger partial charge in [-0.2, -0.15) is 0 Å². The van der Waals surface area contributed by atoms with Gasteiger partial charge in [0.05, 0.1) is 0 Å². The van der Waals surface area contributed by atoms with E-state index in [9.17, 15) is 0 Å². The van der Waals surface area contributed by atoms with Gasteiger partial charge in [-0.1, -0.05) is 315 Å². The zero-order valence-corrected chi connectivity index (χ0v) is 59.3. The topological polar surface area (TPSA) is 6.48 Å². The highest BCUT2D eigenvalue weighted by molar-refractivity contribution is 6.15. The monoisotopic (exact) mass is 1370 g/mol. The minimum absolute atomic E-state index is 1.07. The molecule has 0 radical (unpaired) electrons. The summed E-state index contributed by atoms with van der Waals surface area (Å²) in [4.78, 5) is 4.79. The molecular formula is C106H70N2. The van der Waals surface area contributed by atoms with Crippen LogP contribution < -0.4 is 9.80 Å². The van der Waals surface area contributed by atoms with Gasteiger partial charge in [-0.15, -0.1) is 0 Å². The molecule has 0 bridgehead atoms. The van der Waals surface area contributed by atoms with Crippen LogP contribution in [0.5, 0.6) is 0 Å². The van der Waals surface area contributed by atoms with Crippen LogP contribution in [0.25, 0.3) is 164 Å². The maximum absolute atomic E-state index is 2.40. The van der Waals surface area contributed by atoms with Crippen LogP contribution in [0, 0.1) is 0 Å². The van der Waals surface area contributed by atoms with Gasteiger partial charge >= 0.3 is 0 Å². The molecule has 0 fully saturated rings. The van der Waals surface area contributed by atoms with E-state index in [1.54, 1.807) is 0 Å². The quantitative estimate of drug-likeness (QED) is 0.100. The van der Waals surface area contributed by atoms with E-state index in [4.69, 9.17) is 0 Å². The van der Waals surface area contributed by atoms with Gasteiger partial charge in [-0.25, -0.2) is 0 Å². The third kappa shape index (κ3) is 11.8. The summed E-state index contributed by atoms with van der Waals surface area (Å²) in [7, 11) is 0. The molecule has 0 saturated heterocycles. The summed E-state index contributed by atoms with van der Waals surface area (Å²) >= 11 is 0. The van der Waals surface area contributed by atoms with Gasteiger partial charge in [0.1, 0.15) is 0 Å². The first-order chi connectivity index (χ1) is 53.5. The standard InChI is InChI=1S/C106H70N2/c1-2-19-71(20-3-1)78-25-14-26-79(63-78)73-47-55-89(56-48-73)107(91-59-51-75(52-60-91)105-69-86-23-6-8-31-96(86)99-33-10-12-35-103(99)105)93-29-16-28-81(68-93)83-43-44-85-66-88(46-45-84(85)65-83)98-38-18-39-101-95(37-17-40-102(98)101)74-49-57-90(58-50-74)108(94-30-15-27-80(67-94)82-42-41-72-21-4-5-22-77(72)64-82)92-61-53-76(54-62-92)106-70-87-24-7-9-32-97(87)100-34-11-13-36-104(100)106/h1-70H. The molecular weight excluding hydrogens is 1300 g/mol. The van der Waals surface area contributed by atoms with Crippen molar-refractivity contribution in [1.82, 2.24) is 0 Å². The molecule has 0 saturated carbocycles. The van der Waals surface area contributed by atoms with Crippen LogP contribution in [0.3, 0.4) is 0 Å². The first-order valence-electron chi connectivity index (χ1n) is 37.2. The molecule has 2 heteroatoms. The summed E-state index contributed by atoms with van der Waals surface area (Å²) in [6, 6.07) is 156. The van der Waals surface area contributed by atoms with Gasteiger partial charge in [0, 0.05) is 34.1 Å². The zero-order chi connectivity index (χ0) is 71.4. The number of nitrogens with zero attached hydrogens (tertiary/aromatic N) is 2. The van der Waals surface area contributed by atoms with Crippen molar-refractivity contribution < 1.29 is 0 Å². The molecule has 0 amide bonds. The van der Waals surface area contributed by atoms with Crippen LogP contribution in [-0.2, 0) is 0 Å². The van der Waals surface area contributed by atoms with Crippen molar-refractivity contribution in [3.8, 4) is 89.0 Å². The average Bonchev–Trinajstić information content (AvgIpc) is 0.751. The summed E-state index contributed by atoms with van der Waals surface area (Å²) in [5.41, 5.74) is 25.4. The molecule has 2 nitrogen and oxygen atoms in total. The van der Waals surface area contributed by atoms with Crippen LogP contribution >= 0.6 is 0 Å². The average molecular weight is 1370 g/mol. The minimum atomic E-state index is 1.07. The second-order valence-electron chi connectivity index (χ2n) is 28.3. The minimum Gasteiger partial charge on any atom is -0.310 e. The maximum Gasteiger partial charge on any atom is 0.0467 e. The second-order valence-corrected chi connectivity index (χ2v) is 28.3. The zero-order valence-electron chi connectivity index (χ0n) is 59.3. The SMILES string of the molecule is c1ccc(-c2cccc(-c3ccc(N(c4ccc(-c5cc6ccccc6c6ccccc56)cc4)c4cccc(-c5ccc6cc(-c7cccc8c(-c9ccc(N(c%10ccc(-c%11cc%12ccccc%12c%12ccccc%11%12)cc%10)c%10cccc(-c%11ccc%12ccccc%12c%11)c%10)cc9)cccc78)ccc6c5)c4)cc3)c2)cc1. The summed E-state index contributed by atoms with van der Waals surface area (Å²) < 4.78 is 0. The Labute approximate surface area is 628 Å². The Balaban J connectivity index is 0.614. The first kappa shape index (κ1) is 63.5. The fourth-order valence-electron chi connectivity index (χ4n) is 16.6. The predicted octanol–water partition coefficient (Wildman–Crippen LogP) is 30.0. The molecule has 0 aliphatic heterocycles. The van der Waals surface area contributed by atoms with Gasteiger partial charge in [-0.05, 0) is 274 Å². The summed E-state index contributed by atoms with van der Waals surface area (Å²) in [5.74, 6) is 0. The predicted molar refractivity (Wildman–Crippen MR) is 462 cm³/mol. The van der Waals surface area contributed by atoms with E-state index in [1.807, 2.05) is 0 Å². The van der Waals surface area contributed by atoms with Gasteiger partial charge in [0.2, 0.25) is 0 Å². The van der Waals surface area contributed by atoms with Crippen molar-refractivity contribution in [2.75, 3.05) is 9.80 Å². The fraction of sp³-hybridized carbons (Fsp3) is 0. The highest BCUT2D eigenvalue weighted by Gasteiger charge is 2.20. The lowest BCUT2D eigenvalue weighted by molar-refractivity contribution is 1.28. The Kier molecular flexibility index (Phi) is 16.0. The Morgan fingerprint density at radius 3 is 0.870 bits per heavy atom. The van der Waals surface area contributed by atoms with Gasteiger partial charge in [-0.3, -0.25) is 0 Å². The molecule has 0 unspecified atom stereocenters. The largest absolute Gasteiger partial charge is 0.310 e. The van der Waals surface area contributed by atoms with Crippen LogP contribution in [-0.4, -0.2) is 0 Å². The summed E-state index contributed by atoms with van der Waals surface area (Å²) in [5, 5.41) is 17.3. The molecule has 0 heterocycles. The van der Waals surface area contributed by atoms with Crippen molar-refractivity contribution in [1.29, 1.82) is 0 Å². The van der Waals surface area contributed by atoms with E-state index in [-0.39, 0.29) is 0 Å². The summed E-state index contributed by atoms with van der Waals surface area (Å²) in [6.07, 6.45) is 0. The number of hydrogen-bond acceptors (Lipinski definition) is 2. The van der Waals surface area contributed by atoms with Crippen LogP contribution in [0.15, 0.2) is 425 Å². The number of hydrogen-bond donors (Lipinski definition) is 0. The lowest BCUT2D eigenvalue weighted by atomic mass is 9.91. The van der Waals surface area contributed by atoms with E-state index < -0.39 is 0 Å². The third-order valence-electron chi connectivity index (χ3n) is 22.0. The van der Waals surface area contributed by atoms with E-state index >= 15 is 0 Å². The van der Waals surface area contributed by atoms with E-state index in [1.165, 1.54) is 142 Å². The number of benzene rings is 20. The van der Waals surface area contributed by atoms with E-state index in [0.717, 1.165) is 56.4 Å². The van der Waals surface area contributed by atoms with Gasteiger partial charge < -0.3 is 9.80 Å². The number of anilines is 6. The lowest BCUT2D eigenvalue weighted by Crippen LogP contribution is -2.10. The molecule has 0 aliphatic carbocycles. The van der Waals surface area contributed by atoms with Crippen molar-refractivity contribution in [2.45, 2.75) is 0 Å². The van der Waals surface area contributed by atoms with Gasteiger partial charge in [0.15, 0.2) is 0 Å². The van der Waals surface area contributed by atoms with Crippen molar-refractivity contribution in [3.63, 3.8) is 0 Å². The molecule has 20 rings (SSSR count). The summed E-state index contributed by atoms with van der Waals surface area (Å²) in [6.45, 7) is 0. The number of rotatable bonds is 14. The van der Waals surface area contributed by atoms with Crippen LogP contribution in [0.2, 0.25) is 0 Å². The smallest absolute Gasteiger partial charge is 0.0467 e. The molecule has 0 spiro atoms. The van der Waals surface area contributed by atoms with Crippen molar-refractivity contribution >= 4 is 110 Å². The highest BCUT2D eigenvalue weighted by atomic mass is 15.1. The highest BCUT2D eigenvalue weighted by Crippen LogP contribution is 2.46. The lowest BCUT2D eigenvalue weighted by Gasteiger charge is -2.26. The maximum atomic E-state index is 2.40. The molecule has 108 heavy (non-hydrogen) atoms. The first-order valence-corrected chi connectivity index (χ1v) is 37.2. The Morgan fingerprint density at radius 2 is 0.389 bits per heavy atom. The number of fused-ring (bicyclic) bond motifs is 9. The molecule has 0 aliphatic rings. The Hall–Kier alpha value is -14.2. The molecule has 0 aromatic heterocycles. The molecule has 0 atom stereocenters. The normalized spacial score (nSPS) is 11.5. The molecule has 504 valence electrons. The molecule has 20 aromatic rings.